The van der Waals surface area contributed by atoms with E-state index in [0.29, 0.717) is 18.0 Å². The molecule has 0 aliphatic heterocycles. The zero-order valence-electron chi connectivity index (χ0n) is 8.37. The predicted molar refractivity (Wildman–Crippen MR) is 66.9 cm³/mol. The molecule has 1 heterocycles. The van der Waals surface area contributed by atoms with Gasteiger partial charge in [-0.15, -0.1) is 0 Å². The molecule has 1 aromatic heterocycles. The Balaban J connectivity index is 2.10. The zero-order valence-corrected chi connectivity index (χ0v) is 9.94. The Hall–Kier alpha value is -1.33. The third kappa shape index (κ3) is 2.62. The first-order chi connectivity index (χ1) is 7.65. The minimum absolute atomic E-state index is 0.302. The molecule has 16 heavy (non-hydrogen) atoms. The van der Waals surface area contributed by atoms with E-state index in [0.717, 1.165) is 15.3 Å². The number of fused-ring (bicyclic) bond motifs is 1. The lowest BCUT2D eigenvalue weighted by atomic mass is 10.3. The normalized spacial score (nSPS) is 10.6. The summed E-state index contributed by atoms with van der Waals surface area (Å²) in [5.41, 5.74) is 5.90. The smallest absolute Gasteiger partial charge is 0.219 e. The third-order valence-corrected chi connectivity index (χ3v) is 3.23. The van der Waals surface area contributed by atoms with Crippen molar-refractivity contribution in [2.45, 2.75) is 6.42 Å². The summed E-state index contributed by atoms with van der Waals surface area (Å²) in [6, 6.07) is 5.57. The molecule has 0 aliphatic carbocycles. The second-order valence-electron chi connectivity index (χ2n) is 3.27. The fraction of sp³-hybridized carbons (Fsp3) is 0.200. The number of nitrogens with one attached hydrogen (secondary N) is 1. The van der Waals surface area contributed by atoms with Gasteiger partial charge in [0.25, 0.3) is 0 Å². The van der Waals surface area contributed by atoms with Crippen LogP contribution in [0.2, 0.25) is 5.02 Å². The number of rotatable bonds is 4. The lowest BCUT2D eigenvalue weighted by Crippen LogP contribution is -2.15. The van der Waals surface area contributed by atoms with E-state index in [1.165, 1.54) is 11.3 Å². The number of thiazole rings is 1. The first-order valence-electron chi connectivity index (χ1n) is 4.73. The van der Waals surface area contributed by atoms with Crippen molar-refractivity contribution in [1.82, 2.24) is 4.98 Å². The summed E-state index contributed by atoms with van der Waals surface area (Å²) in [4.78, 5) is 14.9. The van der Waals surface area contributed by atoms with Crippen LogP contribution in [0.4, 0.5) is 5.13 Å². The van der Waals surface area contributed by atoms with Gasteiger partial charge in [0.2, 0.25) is 5.91 Å². The molecule has 0 radical (unpaired) electrons. The quantitative estimate of drug-likeness (QED) is 0.880. The second kappa shape index (κ2) is 4.67. The third-order valence-electron chi connectivity index (χ3n) is 2.00. The van der Waals surface area contributed by atoms with Crippen molar-refractivity contribution in [3.8, 4) is 0 Å². The Kier molecular flexibility index (Phi) is 3.26. The Morgan fingerprint density at radius 1 is 1.56 bits per heavy atom. The van der Waals surface area contributed by atoms with E-state index in [4.69, 9.17) is 17.3 Å². The van der Waals surface area contributed by atoms with Crippen molar-refractivity contribution in [2.24, 2.45) is 5.73 Å². The molecule has 0 bridgehead atoms. The highest BCUT2D eigenvalue weighted by molar-refractivity contribution is 7.22. The Morgan fingerprint density at radius 3 is 3.12 bits per heavy atom. The monoisotopic (exact) mass is 255 g/mol. The average molecular weight is 256 g/mol. The molecule has 6 heteroatoms. The van der Waals surface area contributed by atoms with Crippen LogP contribution in [0, 0.1) is 0 Å². The minimum Gasteiger partial charge on any atom is -0.370 e. The highest BCUT2D eigenvalue weighted by atomic mass is 35.5. The molecule has 0 spiro atoms. The molecule has 0 aliphatic rings. The van der Waals surface area contributed by atoms with Crippen molar-refractivity contribution < 1.29 is 4.79 Å². The number of carbonyl (C=O) groups is 1. The maximum Gasteiger partial charge on any atom is 0.219 e. The molecule has 0 saturated carbocycles. The molecule has 0 fully saturated rings. The Labute approximate surface area is 101 Å². The van der Waals surface area contributed by atoms with Gasteiger partial charge in [0, 0.05) is 18.0 Å². The maximum atomic E-state index is 10.6. The van der Waals surface area contributed by atoms with Gasteiger partial charge in [0.05, 0.1) is 10.2 Å². The van der Waals surface area contributed by atoms with Gasteiger partial charge in [-0.25, -0.2) is 4.98 Å². The molecule has 1 aromatic carbocycles. The summed E-state index contributed by atoms with van der Waals surface area (Å²) in [5, 5.41) is 4.49. The summed E-state index contributed by atoms with van der Waals surface area (Å²) in [7, 11) is 0. The van der Waals surface area contributed by atoms with Crippen molar-refractivity contribution >= 4 is 44.2 Å². The van der Waals surface area contributed by atoms with E-state index in [1.54, 1.807) is 0 Å². The number of benzene rings is 1. The van der Waals surface area contributed by atoms with E-state index in [1.807, 2.05) is 18.2 Å². The van der Waals surface area contributed by atoms with Gasteiger partial charge in [-0.05, 0) is 18.2 Å². The first-order valence-corrected chi connectivity index (χ1v) is 5.93. The average Bonchev–Trinajstić information content (AvgIpc) is 2.58. The minimum atomic E-state index is -0.323. The highest BCUT2D eigenvalue weighted by Gasteiger charge is 2.04. The van der Waals surface area contributed by atoms with Gasteiger partial charge in [0.15, 0.2) is 5.13 Å². The van der Waals surface area contributed by atoms with Gasteiger partial charge in [-0.1, -0.05) is 22.9 Å². The van der Waals surface area contributed by atoms with E-state index in [-0.39, 0.29) is 5.91 Å². The van der Waals surface area contributed by atoms with Crippen LogP contribution in [-0.2, 0) is 4.79 Å². The summed E-state index contributed by atoms with van der Waals surface area (Å²) in [6.07, 6.45) is 0.302. The molecule has 0 saturated heterocycles. The Morgan fingerprint density at radius 2 is 2.38 bits per heavy atom. The van der Waals surface area contributed by atoms with E-state index in [2.05, 4.69) is 10.3 Å². The number of amides is 1. The second-order valence-corrected chi connectivity index (χ2v) is 4.74. The van der Waals surface area contributed by atoms with Gasteiger partial charge in [-0.2, -0.15) is 0 Å². The van der Waals surface area contributed by atoms with Crippen LogP contribution in [0.15, 0.2) is 18.2 Å². The molecule has 84 valence electrons. The number of hydrogen-bond donors (Lipinski definition) is 2. The number of carbonyl (C=O) groups excluding carboxylic acids is 1. The molecule has 3 N–H and O–H groups in total. The van der Waals surface area contributed by atoms with Crippen LogP contribution in [0.25, 0.3) is 10.2 Å². The van der Waals surface area contributed by atoms with Gasteiger partial charge < -0.3 is 11.1 Å². The van der Waals surface area contributed by atoms with Crippen molar-refractivity contribution in [3.63, 3.8) is 0 Å². The summed E-state index contributed by atoms with van der Waals surface area (Å²) in [6.45, 7) is 0.503. The summed E-state index contributed by atoms with van der Waals surface area (Å²) >= 11 is 7.38. The fourth-order valence-corrected chi connectivity index (χ4v) is 2.31. The number of halogens is 1. The molecular weight excluding hydrogens is 246 g/mol. The molecule has 0 atom stereocenters. The standard InChI is InChI=1S/C10H10ClN3OS/c11-6-1-2-8-7(5-6)14-10(16-8)13-4-3-9(12)15/h1-2,5H,3-4H2,(H2,12,15)(H,13,14). The highest BCUT2D eigenvalue weighted by Crippen LogP contribution is 2.27. The first kappa shape index (κ1) is 11.2. The van der Waals surface area contributed by atoms with Gasteiger partial charge >= 0.3 is 0 Å². The van der Waals surface area contributed by atoms with Gasteiger partial charge in [0.1, 0.15) is 0 Å². The molecule has 2 rings (SSSR count). The number of hydrogen-bond acceptors (Lipinski definition) is 4. The van der Waals surface area contributed by atoms with E-state index in [9.17, 15) is 4.79 Å². The number of primary amides is 1. The van der Waals surface area contributed by atoms with E-state index < -0.39 is 0 Å². The lowest BCUT2D eigenvalue weighted by molar-refractivity contribution is -0.117. The summed E-state index contributed by atoms with van der Waals surface area (Å²) < 4.78 is 1.06. The fourth-order valence-electron chi connectivity index (χ4n) is 1.27. The largest absolute Gasteiger partial charge is 0.370 e. The van der Waals surface area contributed by atoms with Crippen LogP contribution in [0.3, 0.4) is 0 Å². The number of nitrogens with zero attached hydrogens (tertiary/aromatic N) is 1. The van der Waals surface area contributed by atoms with Crippen molar-refractivity contribution in [2.75, 3.05) is 11.9 Å². The maximum absolute atomic E-state index is 10.6. The zero-order chi connectivity index (χ0) is 11.5. The number of aromatic nitrogens is 1. The topological polar surface area (TPSA) is 68.0 Å². The van der Waals surface area contributed by atoms with Crippen LogP contribution < -0.4 is 11.1 Å². The summed E-state index contributed by atoms with van der Waals surface area (Å²) in [5.74, 6) is -0.323. The molecule has 0 unspecified atom stereocenters. The lowest BCUT2D eigenvalue weighted by Gasteiger charge is -1.97. The van der Waals surface area contributed by atoms with Crippen molar-refractivity contribution in [3.05, 3.63) is 23.2 Å². The molecule has 4 nitrogen and oxygen atoms in total. The van der Waals surface area contributed by atoms with Gasteiger partial charge in [-0.3, -0.25) is 4.79 Å². The van der Waals surface area contributed by atoms with Crippen LogP contribution in [0.1, 0.15) is 6.42 Å². The molecular formula is C10H10ClN3OS. The van der Waals surface area contributed by atoms with E-state index >= 15 is 0 Å². The molecule has 1 amide bonds. The van der Waals surface area contributed by atoms with Crippen LogP contribution >= 0.6 is 22.9 Å². The molecule has 2 aromatic rings. The van der Waals surface area contributed by atoms with Crippen LogP contribution in [-0.4, -0.2) is 17.4 Å². The number of anilines is 1. The number of nitrogens with two attached hydrogens (primary N) is 1. The Bertz CT molecular complexity index is 526. The predicted octanol–water partition coefficient (Wildman–Crippen LogP) is 2.24. The van der Waals surface area contributed by atoms with Crippen LogP contribution in [0.5, 0.6) is 0 Å². The SMILES string of the molecule is NC(=O)CCNc1nc2cc(Cl)ccc2s1. The van der Waals surface area contributed by atoms with Crippen molar-refractivity contribution in [1.29, 1.82) is 0 Å².